The molecule has 12 nitrogen and oxygen atoms in total. The monoisotopic (exact) mass is 571 g/mol. The van der Waals surface area contributed by atoms with Crippen LogP contribution in [0.25, 0.3) is 0 Å². The number of amides is 2. The van der Waals surface area contributed by atoms with Crippen LogP contribution in [0.4, 0.5) is 27.8 Å². The van der Waals surface area contributed by atoms with Gasteiger partial charge in [-0.2, -0.15) is 0 Å². The van der Waals surface area contributed by atoms with E-state index in [1.165, 1.54) is 10.6 Å². The Bertz CT molecular complexity index is 1250. The Morgan fingerprint density at radius 2 is 1.75 bits per heavy atom. The summed E-state index contributed by atoms with van der Waals surface area (Å²) in [7, 11) is 2.19. The average Bonchev–Trinajstić information content (AvgIpc) is 3.40. The predicted octanol–water partition coefficient (Wildman–Crippen LogP) is 2.66. The van der Waals surface area contributed by atoms with Crippen LogP contribution >= 0.6 is 11.6 Å². The number of hydrogen-bond acceptors (Lipinski definition) is 9. The number of rotatable bonds is 7. The number of carboxylic acid groups (broad SMARTS) is 1. The SMILES string of the molecule is Cc1cc(Nc2nc(N[C@@H]3CCN(C(=O)O)C3)c(Cl)nc2C(N)=O)ccc1N1CCC(N2CCN(C)CC2)CC1. The minimum atomic E-state index is -0.967. The molecule has 5 rings (SSSR count). The number of carbonyl (C=O) groups excluding carboxylic acids is 1. The number of halogens is 1. The molecule has 3 aliphatic rings. The molecular weight excluding hydrogens is 534 g/mol. The number of aromatic nitrogens is 2. The molecule has 4 heterocycles. The molecule has 0 radical (unpaired) electrons. The summed E-state index contributed by atoms with van der Waals surface area (Å²) in [5.41, 5.74) is 8.57. The van der Waals surface area contributed by atoms with Crippen molar-refractivity contribution in [3.05, 3.63) is 34.6 Å². The van der Waals surface area contributed by atoms with Crippen molar-refractivity contribution in [1.82, 2.24) is 24.7 Å². The lowest BCUT2D eigenvalue weighted by atomic mass is 10.0. The van der Waals surface area contributed by atoms with E-state index in [2.05, 4.69) is 55.3 Å². The summed E-state index contributed by atoms with van der Waals surface area (Å²) < 4.78 is 0. The van der Waals surface area contributed by atoms with Crippen LogP contribution in [0.1, 0.15) is 35.3 Å². The van der Waals surface area contributed by atoms with Gasteiger partial charge in [0.25, 0.3) is 5.91 Å². The van der Waals surface area contributed by atoms with Gasteiger partial charge in [0, 0.05) is 75.8 Å². The van der Waals surface area contributed by atoms with E-state index >= 15 is 0 Å². The van der Waals surface area contributed by atoms with Crippen LogP contribution in [0.15, 0.2) is 18.2 Å². The summed E-state index contributed by atoms with van der Waals surface area (Å²) in [6.07, 6.45) is 1.96. The van der Waals surface area contributed by atoms with Gasteiger partial charge in [0.05, 0.1) is 0 Å². The first-order valence-electron chi connectivity index (χ1n) is 13.8. The van der Waals surface area contributed by atoms with Crippen molar-refractivity contribution < 1.29 is 14.7 Å². The first-order chi connectivity index (χ1) is 19.2. The fraction of sp³-hybridized carbons (Fsp3) is 0.556. The molecule has 5 N–H and O–H groups in total. The third kappa shape index (κ3) is 6.34. The number of anilines is 4. The molecule has 13 heteroatoms. The van der Waals surface area contributed by atoms with Crippen LogP contribution in [0.5, 0.6) is 0 Å². The fourth-order valence-electron chi connectivity index (χ4n) is 5.89. The first kappa shape index (κ1) is 28.2. The topological polar surface area (TPSA) is 143 Å². The zero-order valence-electron chi connectivity index (χ0n) is 23.1. The van der Waals surface area contributed by atoms with E-state index in [0.29, 0.717) is 25.6 Å². The maximum atomic E-state index is 12.1. The highest BCUT2D eigenvalue weighted by Crippen LogP contribution is 2.31. The van der Waals surface area contributed by atoms with Gasteiger partial charge in [-0.3, -0.25) is 9.69 Å². The van der Waals surface area contributed by atoms with Crippen LogP contribution < -0.4 is 21.3 Å². The molecular formula is C27H38ClN9O3. The molecule has 2 aromatic rings. The molecule has 1 aromatic carbocycles. The van der Waals surface area contributed by atoms with Crippen LogP contribution in [-0.4, -0.2) is 113 Å². The maximum Gasteiger partial charge on any atom is 0.407 e. The second kappa shape index (κ2) is 12.0. The molecule has 0 aliphatic carbocycles. The molecule has 0 spiro atoms. The summed E-state index contributed by atoms with van der Waals surface area (Å²) >= 11 is 6.31. The standard InChI is InChI=1S/C27H38ClN9O3/c1-17-15-18(3-4-21(17)36-9-6-20(7-10-36)35-13-11-34(2)12-14-35)30-25-22(24(29)38)32-23(28)26(33-25)31-19-5-8-37(16-19)27(39)40/h3-4,15,19-20H,5-14,16H2,1-2H3,(H2,29,38)(H,39,40)(H2,30,31,33)/t19-/m1/s1. The number of nitrogens with one attached hydrogen (secondary N) is 2. The number of likely N-dealkylation sites (tertiary alicyclic amines) is 1. The lowest BCUT2D eigenvalue weighted by Crippen LogP contribution is -2.52. The largest absolute Gasteiger partial charge is 0.465 e. The van der Waals surface area contributed by atoms with Crippen molar-refractivity contribution in [2.45, 2.75) is 38.3 Å². The molecule has 3 saturated heterocycles. The number of likely N-dealkylation sites (N-methyl/N-ethyl adjacent to an activating group) is 1. The van der Waals surface area contributed by atoms with E-state index in [9.17, 15) is 14.7 Å². The zero-order valence-corrected chi connectivity index (χ0v) is 23.8. The summed E-state index contributed by atoms with van der Waals surface area (Å²) in [5, 5.41) is 15.6. The fourth-order valence-corrected chi connectivity index (χ4v) is 6.08. The number of piperazine rings is 1. The minimum Gasteiger partial charge on any atom is -0.465 e. The summed E-state index contributed by atoms with van der Waals surface area (Å²) in [5.74, 6) is -0.298. The first-order valence-corrected chi connectivity index (χ1v) is 14.2. The summed E-state index contributed by atoms with van der Waals surface area (Å²) in [6.45, 7) is 9.44. The Labute approximate surface area is 239 Å². The average molecular weight is 572 g/mol. The molecule has 3 fully saturated rings. The van der Waals surface area contributed by atoms with Gasteiger partial charge in [0.2, 0.25) is 0 Å². The molecule has 40 heavy (non-hydrogen) atoms. The summed E-state index contributed by atoms with van der Waals surface area (Å²) in [4.78, 5) is 40.9. The Balaban J connectivity index is 1.26. The van der Waals surface area contributed by atoms with Crippen molar-refractivity contribution in [2.75, 3.05) is 74.9 Å². The Hall–Kier alpha value is -3.35. The Morgan fingerprint density at radius 1 is 1.02 bits per heavy atom. The van der Waals surface area contributed by atoms with Gasteiger partial charge in [0.1, 0.15) is 0 Å². The molecule has 2 amide bonds. The second-order valence-corrected chi connectivity index (χ2v) is 11.3. The number of nitrogens with two attached hydrogens (primary N) is 1. The van der Waals surface area contributed by atoms with E-state index in [0.717, 1.165) is 63.4 Å². The number of carbonyl (C=O) groups is 2. The van der Waals surface area contributed by atoms with Gasteiger partial charge >= 0.3 is 6.09 Å². The van der Waals surface area contributed by atoms with E-state index in [1.54, 1.807) is 0 Å². The molecule has 1 aromatic heterocycles. The number of hydrogen-bond donors (Lipinski definition) is 4. The highest BCUT2D eigenvalue weighted by Gasteiger charge is 2.29. The number of aryl methyl sites for hydroxylation is 1. The number of benzene rings is 1. The van der Waals surface area contributed by atoms with E-state index < -0.39 is 12.0 Å². The molecule has 0 unspecified atom stereocenters. The molecule has 216 valence electrons. The van der Waals surface area contributed by atoms with Crippen molar-refractivity contribution >= 4 is 46.6 Å². The van der Waals surface area contributed by atoms with Crippen LogP contribution in [0, 0.1) is 6.92 Å². The third-order valence-electron chi connectivity index (χ3n) is 8.21. The normalized spacial score (nSPS) is 21.0. The Kier molecular flexibility index (Phi) is 8.48. The maximum absolute atomic E-state index is 12.1. The van der Waals surface area contributed by atoms with E-state index in [-0.39, 0.29) is 28.5 Å². The van der Waals surface area contributed by atoms with Crippen molar-refractivity contribution in [3.8, 4) is 0 Å². The van der Waals surface area contributed by atoms with Gasteiger partial charge in [0.15, 0.2) is 22.5 Å². The predicted molar refractivity (Wildman–Crippen MR) is 156 cm³/mol. The van der Waals surface area contributed by atoms with Crippen LogP contribution in [-0.2, 0) is 0 Å². The number of piperidine rings is 1. The van der Waals surface area contributed by atoms with Gasteiger partial charge in [-0.15, -0.1) is 0 Å². The van der Waals surface area contributed by atoms with Crippen molar-refractivity contribution in [3.63, 3.8) is 0 Å². The third-order valence-corrected chi connectivity index (χ3v) is 8.47. The van der Waals surface area contributed by atoms with Crippen LogP contribution in [0.2, 0.25) is 5.15 Å². The lowest BCUT2D eigenvalue weighted by molar-refractivity contribution is 0.0982. The number of primary amides is 1. The van der Waals surface area contributed by atoms with Crippen LogP contribution in [0.3, 0.4) is 0 Å². The Morgan fingerprint density at radius 3 is 2.38 bits per heavy atom. The van der Waals surface area contributed by atoms with Gasteiger partial charge < -0.3 is 36.2 Å². The molecule has 0 saturated carbocycles. The lowest BCUT2D eigenvalue weighted by Gasteiger charge is -2.43. The highest BCUT2D eigenvalue weighted by atomic mass is 35.5. The van der Waals surface area contributed by atoms with Gasteiger partial charge in [-0.25, -0.2) is 14.8 Å². The summed E-state index contributed by atoms with van der Waals surface area (Å²) in [6, 6.07) is 6.57. The smallest absolute Gasteiger partial charge is 0.407 e. The quantitative estimate of drug-likeness (QED) is 0.391. The minimum absolute atomic E-state index is 0.000343. The highest BCUT2D eigenvalue weighted by molar-refractivity contribution is 6.32. The van der Waals surface area contributed by atoms with E-state index in [4.69, 9.17) is 17.3 Å². The van der Waals surface area contributed by atoms with Gasteiger partial charge in [-0.1, -0.05) is 11.6 Å². The van der Waals surface area contributed by atoms with Crippen molar-refractivity contribution in [2.24, 2.45) is 5.73 Å². The van der Waals surface area contributed by atoms with E-state index in [1.807, 2.05) is 12.1 Å². The zero-order chi connectivity index (χ0) is 28.4. The molecule has 3 aliphatic heterocycles. The molecule has 0 bridgehead atoms. The molecule has 1 atom stereocenters. The van der Waals surface area contributed by atoms with Gasteiger partial charge in [-0.05, 0) is 57.0 Å². The second-order valence-electron chi connectivity index (χ2n) is 11.0. The number of nitrogens with zero attached hydrogens (tertiary/aromatic N) is 6. The van der Waals surface area contributed by atoms with Crippen molar-refractivity contribution in [1.29, 1.82) is 0 Å².